The zero-order valence-electron chi connectivity index (χ0n) is 17.5. The zero-order chi connectivity index (χ0) is 23.3. The third-order valence-electron chi connectivity index (χ3n) is 4.55. The van der Waals surface area contributed by atoms with Gasteiger partial charge in [-0.15, -0.1) is 0 Å². The number of sulfonamides is 1. The van der Waals surface area contributed by atoms with Crippen LogP contribution in [0.25, 0.3) is 0 Å². The number of aryl methyl sites for hydroxylation is 2. The first-order chi connectivity index (χ1) is 15.1. The normalized spacial score (nSPS) is 11.0. The van der Waals surface area contributed by atoms with Crippen LogP contribution in [-0.4, -0.2) is 26.8 Å². The number of carbonyl (C=O) groups excluding carboxylic acids is 2. The Morgan fingerprint density at radius 3 is 2.28 bits per heavy atom. The average Bonchev–Trinajstić information content (AvgIpc) is 2.75. The van der Waals surface area contributed by atoms with E-state index in [0.717, 1.165) is 5.56 Å². The minimum Gasteiger partial charge on any atom is -0.343 e. The second-order valence-corrected chi connectivity index (χ2v) is 9.28. The largest absolute Gasteiger partial charge is 0.343 e. The van der Waals surface area contributed by atoms with Crippen LogP contribution in [0.5, 0.6) is 0 Å². The molecule has 3 aromatic carbocycles. The SMILES string of the molecule is Cc1cccc(C(=O)NCC(=O)Nc2ccc(C)c(S(=O)(=O)Nc3ccc(Cl)cc3)c2)c1. The Hall–Kier alpha value is -3.36. The maximum atomic E-state index is 12.8. The molecule has 7 nitrogen and oxygen atoms in total. The highest BCUT2D eigenvalue weighted by molar-refractivity contribution is 7.92. The number of carbonyl (C=O) groups is 2. The van der Waals surface area contributed by atoms with E-state index in [-0.39, 0.29) is 17.3 Å². The van der Waals surface area contributed by atoms with E-state index in [9.17, 15) is 18.0 Å². The quantitative estimate of drug-likeness (QED) is 0.482. The molecule has 0 saturated heterocycles. The van der Waals surface area contributed by atoms with Gasteiger partial charge in [0.2, 0.25) is 5.91 Å². The Kier molecular flexibility index (Phi) is 7.17. The van der Waals surface area contributed by atoms with Crippen LogP contribution >= 0.6 is 11.6 Å². The van der Waals surface area contributed by atoms with Crippen LogP contribution in [0.15, 0.2) is 71.6 Å². The summed E-state index contributed by atoms with van der Waals surface area (Å²) in [7, 11) is -3.90. The first-order valence-electron chi connectivity index (χ1n) is 9.68. The van der Waals surface area contributed by atoms with Gasteiger partial charge in [0.15, 0.2) is 0 Å². The Bertz CT molecular complexity index is 1260. The lowest BCUT2D eigenvalue weighted by molar-refractivity contribution is -0.115. The number of rotatable bonds is 7. The topological polar surface area (TPSA) is 104 Å². The van der Waals surface area contributed by atoms with Crippen LogP contribution in [-0.2, 0) is 14.8 Å². The summed E-state index contributed by atoms with van der Waals surface area (Å²) in [6.45, 7) is 3.27. The summed E-state index contributed by atoms with van der Waals surface area (Å²) in [6, 6.07) is 17.8. The fourth-order valence-corrected chi connectivity index (χ4v) is 4.41. The fourth-order valence-electron chi connectivity index (χ4n) is 2.95. The molecule has 3 aromatic rings. The predicted molar refractivity (Wildman–Crippen MR) is 126 cm³/mol. The molecule has 0 aliphatic carbocycles. The van der Waals surface area contributed by atoms with Crippen molar-refractivity contribution >= 4 is 44.8 Å². The molecule has 0 bridgehead atoms. The van der Waals surface area contributed by atoms with Crippen LogP contribution in [0.1, 0.15) is 21.5 Å². The monoisotopic (exact) mass is 471 g/mol. The van der Waals surface area contributed by atoms with Crippen molar-refractivity contribution in [1.29, 1.82) is 0 Å². The Morgan fingerprint density at radius 1 is 0.906 bits per heavy atom. The second-order valence-electron chi connectivity index (χ2n) is 7.19. The molecule has 9 heteroatoms. The van der Waals surface area contributed by atoms with Gasteiger partial charge in [-0.25, -0.2) is 8.42 Å². The number of hydrogen-bond acceptors (Lipinski definition) is 4. The Labute approximate surface area is 191 Å². The Balaban J connectivity index is 1.67. The maximum absolute atomic E-state index is 12.8. The smallest absolute Gasteiger partial charge is 0.262 e. The lowest BCUT2D eigenvalue weighted by Gasteiger charge is -2.13. The van der Waals surface area contributed by atoms with Crippen LogP contribution < -0.4 is 15.4 Å². The molecule has 0 aromatic heterocycles. The molecular weight excluding hydrogens is 450 g/mol. The standard InChI is InChI=1S/C23H22ClN3O4S/c1-15-4-3-5-17(12-15)23(29)25-14-22(28)26-20-9-6-16(2)21(13-20)32(30,31)27-19-10-7-18(24)8-11-19/h3-13,27H,14H2,1-2H3,(H,25,29)(H,26,28). The average molecular weight is 472 g/mol. The van der Waals surface area contributed by atoms with Gasteiger partial charge in [-0.2, -0.15) is 0 Å². The first-order valence-corrected chi connectivity index (χ1v) is 11.5. The molecule has 0 fully saturated rings. The highest BCUT2D eigenvalue weighted by Gasteiger charge is 2.18. The lowest BCUT2D eigenvalue weighted by atomic mass is 10.1. The van der Waals surface area contributed by atoms with Crippen molar-refractivity contribution in [3.05, 3.63) is 88.4 Å². The number of hydrogen-bond donors (Lipinski definition) is 3. The minimum atomic E-state index is -3.90. The minimum absolute atomic E-state index is 0.0223. The van der Waals surface area contributed by atoms with Crippen LogP contribution in [0.4, 0.5) is 11.4 Å². The van der Waals surface area contributed by atoms with Gasteiger partial charge in [-0.3, -0.25) is 14.3 Å². The van der Waals surface area contributed by atoms with Crippen LogP contribution in [0, 0.1) is 13.8 Å². The molecule has 0 unspecified atom stereocenters. The van der Waals surface area contributed by atoms with Crippen molar-refractivity contribution in [2.45, 2.75) is 18.7 Å². The van der Waals surface area contributed by atoms with E-state index in [0.29, 0.717) is 27.5 Å². The number of amides is 2. The van der Waals surface area contributed by atoms with E-state index in [1.165, 1.54) is 6.07 Å². The summed E-state index contributed by atoms with van der Waals surface area (Å²) in [5.74, 6) is -0.855. The molecule has 2 amide bonds. The molecule has 0 spiro atoms. The summed E-state index contributed by atoms with van der Waals surface area (Å²) >= 11 is 5.84. The summed E-state index contributed by atoms with van der Waals surface area (Å²) in [6.07, 6.45) is 0. The van der Waals surface area contributed by atoms with Gasteiger partial charge in [0, 0.05) is 22.0 Å². The predicted octanol–water partition coefficient (Wildman–Crippen LogP) is 4.13. The first kappa shape index (κ1) is 23.3. The van der Waals surface area contributed by atoms with Gasteiger partial charge in [0.25, 0.3) is 15.9 Å². The molecular formula is C23H22ClN3O4S. The van der Waals surface area contributed by atoms with Crippen molar-refractivity contribution in [1.82, 2.24) is 5.32 Å². The second kappa shape index (κ2) is 9.84. The molecule has 3 rings (SSSR count). The van der Waals surface area contributed by atoms with Gasteiger partial charge in [0.05, 0.1) is 11.4 Å². The summed E-state index contributed by atoms with van der Waals surface area (Å²) in [5.41, 5.74) is 2.55. The van der Waals surface area contributed by atoms with Crippen molar-refractivity contribution in [3.8, 4) is 0 Å². The van der Waals surface area contributed by atoms with Crippen molar-refractivity contribution in [3.63, 3.8) is 0 Å². The third-order valence-corrected chi connectivity index (χ3v) is 6.32. The summed E-state index contributed by atoms with van der Waals surface area (Å²) in [5, 5.41) is 5.64. The molecule has 0 saturated carbocycles. The van der Waals surface area contributed by atoms with Gasteiger partial charge in [-0.1, -0.05) is 35.4 Å². The molecule has 0 radical (unpaired) electrons. The summed E-state index contributed by atoms with van der Waals surface area (Å²) in [4.78, 5) is 24.5. The number of nitrogens with one attached hydrogen (secondary N) is 3. The van der Waals surface area contributed by atoms with Crippen LogP contribution in [0.2, 0.25) is 5.02 Å². The highest BCUT2D eigenvalue weighted by Crippen LogP contribution is 2.23. The number of halogens is 1. The van der Waals surface area contributed by atoms with E-state index < -0.39 is 15.9 Å². The van der Waals surface area contributed by atoms with Gasteiger partial charge in [-0.05, 0) is 67.9 Å². The number of benzene rings is 3. The van der Waals surface area contributed by atoms with Gasteiger partial charge in [0.1, 0.15) is 0 Å². The van der Waals surface area contributed by atoms with E-state index >= 15 is 0 Å². The fraction of sp³-hybridized carbons (Fsp3) is 0.130. The van der Waals surface area contributed by atoms with Gasteiger partial charge < -0.3 is 10.6 Å². The summed E-state index contributed by atoms with van der Waals surface area (Å²) < 4.78 is 28.2. The molecule has 3 N–H and O–H groups in total. The van der Waals surface area contributed by atoms with Crippen molar-refractivity contribution < 1.29 is 18.0 Å². The zero-order valence-corrected chi connectivity index (χ0v) is 19.0. The molecule has 0 aliphatic rings. The maximum Gasteiger partial charge on any atom is 0.262 e. The molecule has 166 valence electrons. The van der Waals surface area contributed by atoms with E-state index in [1.54, 1.807) is 61.5 Å². The molecule has 32 heavy (non-hydrogen) atoms. The van der Waals surface area contributed by atoms with E-state index in [4.69, 9.17) is 11.6 Å². The Morgan fingerprint density at radius 2 is 1.59 bits per heavy atom. The third kappa shape index (κ3) is 6.09. The highest BCUT2D eigenvalue weighted by atomic mass is 35.5. The van der Waals surface area contributed by atoms with E-state index in [1.807, 2.05) is 13.0 Å². The lowest BCUT2D eigenvalue weighted by Crippen LogP contribution is -2.32. The van der Waals surface area contributed by atoms with Crippen molar-refractivity contribution in [2.24, 2.45) is 0 Å². The number of anilines is 2. The van der Waals surface area contributed by atoms with Crippen molar-refractivity contribution in [2.75, 3.05) is 16.6 Å². The van der Waals surface area contributed by atoms with Crippen LogP contribution in [0.3, 0.4) is 0 Å². The molecule has 0 aliphatic heterocycles. The molecule has 0 atom stereocenters. The molecule has 0 heterocycles. The van der Waals surface area contributed by atoms with Gasteiger partial charge >= 0.3 is 0 Å². The van der Waals surface area contributed by atoms with E-state index in [2.05, 4.69) is 15.4 Å².